The number of hydrogen-bond acceptors (Lipinski definition) is 6. The summed E-state index contributed by atoms with van der Waals surface area (Å²) in [4.78, 5) is 24.8. The molecule has 146 valence electrons. The third-order valence-electron chi connectivity index (χ3n) is 3.99. The summed E-state index contributed by atoms with van der Waals surface area (Å²) in [5.74, 6) is -0.571. The minimum atomic E-state index is -0.569. The zero-order valence-corrected chi connectivity index (χ0v) is 15.8. The molecule has 1 unspecified atom stereocenters. The zero-order valence-electron chi connectivity index (χ0n) is 15.0. The molecule has 3 aromatic rings. The minimum absolute atomic E-state index is 0. The average molecular weight is 404 g/mol. The van der Waals surface area contributed by atoms with Crippen LogP contribution in [0.15, 0.2) is 55.1 Å². The summed E-state index contributed by atoms with van der Waals surface area (Å²) in [6, 6.07) is 9.19. The van der Waals surface area contributed by atoms with Crippen LogP contribution >= 0.6 is 12.4 Å². The van der Waals surface area contributed by atoms with E-state index in [1.165, 1.54) is 31.6 Å². The van der Waals surface area contributed by atoms with Gasteiger partial charge in [-0.25, -0.2) is 14.4 Å². The number of ether oxygens (including phenoxy) is 1. The van der Waals surface area contributed by atoms with Crippen molar-refractivity contribution in [1.29, 1.82) is 0 Å². The maximum Gasteiger partial charge on any atom is 0.234 e. The van der Waals surface area contributed by atoms with E-state index in [-0.39, 0.29) is 30.7 Å². The van der Waals surface area contributed by atoms with Gasteiger partial charge in [0.15, 0.2) is 0 Å². The Kier molecular flexibility index (Phi) is 7.36. The Hall–Kier alpha value is -3.10. The molecule has 7 nitrogen and oxygen atoms in total. The molecule has 3 rings (SSSR count). The molecular weight excluding hydrogens is 385 g/mol. The van der Waals surface area contributed by atoms with Crippen LogP contribution in [0.3, 0.4) is 0 Å². The quantitative estimate of drug-likeness (QED) is 0.656. The van der Waals surface area contributed by atoms with Gasteiger partial charge in [-0.1, -0.05) is 6.07 Å². The Labute approximate surface area is 167 Å². The maximum atomic E-state index is 13.6. The van der Waals surface area contributed by atoms with Crippen LogP contribution in [0.5, 0.6) is 5.75 Å². The van der Waals surface area contributed by atoms with Crippen LogP contribution in [0.4, 0.5) is 10.2 Å². The lowest BCUT2D eigenvalue weighted by Crippen LogP contribution is -2.27. The van der Waals surface area contributed by atoms with E-state index in [1.54, 1.807) is 30.6 Å². The van der Waals surface area contributed by atoms with Crippen molar-refractivity contribution in [3.8, 4) is 17.0 Å². The predicted octanol–water partition coefficient (Wildman–Crippen LogP) is 2.79. The van der Waals surface area contributed by atoms with E-state index in [2.05, 4.69) is 20.3 Å². The summed E-state index contributed by atoms with van der Waals surface area (Å²) in [7, 11) is 1.49. The van der Waals surface area contributed by atoms with E-state index in [0.717, 1.165) is 0 Å². The smallest absolute Gasteiger partial charge is 0.234 e. The molecule has 2 heterocycles. The van der Waals surface area contributed by atoms with Gasteiger partial charge in [0.05, 0.1) is 18.7 Å². The van der Waals surface area contributed by atoms with E-state index in [0.29, 0.717) is 22.6 Å². The maximum absolute atomic E-state index is 13.6. The molecule has 1 atom stereocenters. The van der Waals surface area contributed by atoms with Crippen LogP contribution in [0.25, 0.3) is 11.3 Å². The fraction of sp³-hybridized carbons (Fsp3) is 0.158. The predicted molar refractivity (Wildman–Crippen MR) is 106 cm³/mol. The molecule has 28 heavy (non-hydrogen) atoms. The number of carbonyl (C=O) groups excluding carboxylic acids is 1. The first-order chi connectivity index (χ1) is 13.1. The molecule has 0 saturated heterocycles. The number of halogens is 2. The van der Waals surface area contributed by atoms with Crippen molar-refractivity contribution in [2.75, 3.05) is 19.0 Å². The Morgan fingerprint density at radius 3 is 2.79 bits per heavy atom. The molecule has 1 amide bonds. The normalized spacial score (nSPS) is 11.2. The van der Waals surface area contributed by atoms with Gasteiger partial charge in [0, 0.05) is 30.6 Å². The highest BCUT2D eigenvalue weighted by atomic mass is 35.5. The minimum Gasteiger partial charge on any atom is -0.496 e. The summed E-state index contributed by atoms with van der Waals surface area (Å²) in [5.41, 5.74) is 7.34. The number of benzene rings is 1. The molecule has 0 aliphatic rings. The second kappa shape index (κ2) is 9.72. The van der Waals surface area contributed by atoms with Crippen molar-refractivity contribution >= 4 is 24.1 Å². The lowest BCUT2D eigenvalue weighted by molar-refractivity contribution is -0.117. The second-order valence-corrected chi connectivity index (χ2v) is 5.70. The fourth-order valence-electron chi connectivity index (χ4n) is 2.64. The van der Waals surface area contributed by atoms with Crippen LogP contribution in [-0.4, -0.2) is 34.5 Å². The first kappa shape index (κ1) is 21.2. The Morgan fingerprint density at radius 2 is 2.11 bits per heavy atom. The third-order valence-corrected chi connectivity index (χ3v) is 3.99. The molecule has 0 spiro atoms. The van der Waals surface area contributed by atoms with Gasteiger partial charge in [0.2, 0.25) is 5.91 Å². The molecule has 0 aliphatic carbocycles. The van der Waals surface area contributed by atoms with Crippen LogP contribution in [0.1, 0.15) is 11.5 Å². The number of nitrogens with zero attached hydrogens (tertiary/aromatic N) is 3. The van der Waals surface area contributed by atoms with E-state index < -0.39 is 11.7 Å². The Bertz CT molecular complexity index is 943. The fourth-order valence-corrected chi connectivity index (χ4v) is 2.64. The van der Waals surface area contributed by atoms with Crippen LogP contribution in [0, 0.1) is 5.82 Å². The summed E-state index contributed by atoms with van der Waals surface area (Å²) >= 11 is 0. The topological polar surface area (TPSA) is 103 Å². The van der Waals surface area contributed by atoms with Gasteiger partial charge in [-0.3, -0.25) is 9.78 Å². The summed E-state index contributed by atoms with van der Waals surface area (Å²) < 4.78 is 18.9. The monoisotopic (exact) mass is 403 g/mol. The molecule has 0 radical (unpaired) electrons. The molecule has 0 bridgehead atoms. The number of carbonyl (C=O) groups is 1. The van der Waals surface area contributed by atoms with Crippen molar-refractivity contribution in [1.82, 2.24) is 15.0 Å². The summed E-state index contributed by atoms with van der Waals surface area (Å²) in [6.07, 6.45) is 4.51. The standard InChI is InChI=1S/C19H18FN5O2.ClH/c1-27-17-5-4-13(20)7-14(17)16-8-18(24-11-23-16)25-19(26)15(9-21)12-3-2-6-22-10-12;/h2-8,10-11,15H,9,21H2,1H3,(H,23,24,25,26);1H. The average Bonchev–Trinajstić information content (AvgIpc) is 2.69. The van der Waals surface area contributed by atoms with E-state index in [4.69, 9.17) is 10.5 Å². The number of nitrogens with two attached hydrogens (primary N) is 1. The number of methoxy groups -OCH3 is 1. The molecule has 0 saturated carbocycles. The van der Waals surface area contributed by atoms with Gasteiger partial charge in [-0.05, 0) is 29.8 Å². The first-order valence-corrected chi connectivity index (χ1v) is 8.19. The van der Waals surface area contributed by atoms with Crippen LogP contribution in [0.2, 0.25) is 0 Å². The molecule has 0 fully saturated rings. The van der Waals surface area contributed by atoms with Gasteiger partial charge in [0.25, 0.3) is 0 Å². The number of pyridine rings is 1. The summed E-state index contributed by atoms with van der Waals surface area (Å²) in [6.45, 7) is 0.118. The molecular formula is C19H19ClFN5O2. The number of nitrogens with one attached hydrogen (secondary N) is 1. The van der Waals surface area contributed by atoms with Crippen LogP contribution in [-0.2, 0) is 4.79 Å². The van der Waals surface area contributed by atoms with Crippen molar-refractivity contribution in [3.05, 3.63) is 66.5 Å². The number of rotatable bonds is 6. The highest BCUT2D eigenvalue weighted by Crippen LogP contribution is 2.30. The lowest BCUT2D eigenvalue weighted by Gasteiger charge is -2.15. The Balaban J connectivity index is 0.00000280. The zero-order chi connectivity index (χ0) is 19.2. The Morgan fingerprint density at radius 1 is 1.29 bits per heavy atom. The number of amides is 1. The number of anilines is 1. The number of hydrogen-bond donors (Lipinski definition) is 2. The highest BCUT2D eigenvalue weighted by molar-refractivity contribution is 5.95. The van der Waals surface area contributed by atoms with Crippen LogP contribution < -0.4 is 15.8 Å². The summed E-state index contributed by atoms with van der Waals surface area (Å²) in [5, 5.41) is 2.72. The molecule has 9 heteroatoms. The highest BCUT2D eigenvalue weighted by Gasteiger charge is 2.20. The molecule has 3 N–H and O–H groups in total. The molecule has 0 aliphatic heterocycles. The largest absolute Gasteiger partial charge is 0.496 e. The van der Waals surface area contributed by atoms with Gasteiger partial charge >= 0.3 is 0 Å². The van der Waals surface area contributed by atoms with Crippen molar-refractivity contribution in [2.45, 2.75) is 5.92 Å². The van der Waals surface area contributed by atoms with Crippen molar-refractivity contribution in [2.24, 2.45) is 5.73 Å². The molecule has 1 aromatic carbocycles. The molecule has 2 aromatic heterocycles. The first-order valence-electron chi connectivity index (χ1n) is 8.19. The van der Waals surface area contributed by atoms with Crippen molar-refractivity contribution in [3.63, 3.8) is 0 Å². The lowest BCUT2D eigenvalue weighted by atomic mass is 10.0. The third kappa shape index (κ3) is 4.79. The SMILES string of the molecule is COc1ccc(F)cc1-c1cc(NC(=O)C(CN)c2cccnc2)ncn1.Cl. The second-order valence-electron chi connectivity index (χ2n) is 5.70. The van der Waals surface area contributed by atoms with E-state index in [9.17, 15) is 9.18 Å². The van der Waals surface area contributed by atoms with Gasteiger partial charge in [0.1, 0.15) is 23.7 Å². The van der Waals surface area contributed by atoms with E-state index in [1.807, 2.05) is 0 Å². The van der Waals surface area contributed by atoms with Gasteiger partial charge < -0.3 is 15.8 Å². The number of aromatic nitrogens is 3. The van der Waals surface area contributed by atoms with Gasteiger partial charge in [-0.15, -0.1) is 12.4 Å². The van der Waals surface area contributed by atoms with Crippen molar-refractivity contribution < 1.29 is 13.9 Å². The van der Waals surface area contributed by atoms with E-state index >= 15 is 0 Å². The van der Waals surface area contributed by atoms with Gasteiger partial charge in [-0.2, -0.15) is 0 Å².